The molecule has 1 atom stereocenters. The molecule has 1 aromatic heterocycles. The Hall–Kier alpha value is -2.72. The molecule has 2 aromatic rings. The molecule has 27 heavy (non-hydrogen) atoms. The summed E-state index contributed by atoms with van der Waals surface area (Å²) < 4.78 is 27.0. The maximum atomic E-state index is 12.9. The molecule has 10 heteroatoms. The number of H-pyrrole nitrogens is 2. The summed E-state index contributed by atoms with van der Waals surface area (Å²) in [6, 6.07) is 8.91. The highest BCUT2D eigenvalue weighted by atomic mass is 32.2. The minimum absolute atomic E-state index is 0.0281. The molecule has 1 amide bonds. The van der Waals surface area contributed by atoms with Gasteiger partial charge >= 0.3 is 5.69 Å². The van der Waals surface area contributed by atoms with Crippen LogP contribution in [0.1, 0.15) is 18.5 Å². The first-order chi connectivity index (χ1) is 12.8. The molecule has 2 heterocycles. The van der Waals surface area contributed by atoms with Gasteiger partial charge in [-0.3, -0.25) is 14.6 Å². The summed E-state index contributed by atoms with van der Waals surface area (Å²) in [4.78, 5) is 39.6. The van der Waals surface area contributed by atoms with Gasteiger partial charge in [0.25, 0.3) is 5.56 Å². The maximum Gasteiger partial charge on any atom is 0.325 e. The Balaban J connectivity index is 1.82. The third-order valence-electron chi connectivity index (χ3n) is 4.47. The number of para-hydroxylation sites is 1. The van der Waals surface area contributed by atoms with Gasteiger partial charge in [-0.15, -0.1) is 0 Å². The van der Waals surface area contributed by atoms with Crippen molar-refractivity contribution in [2.75, 3.05) is 18.4 Å². The summed E-state index contributed by atoms with van der Waals surface area (Å²) >= 11 is 0. The molecule has 3 N–H and O–H groups in total. The van der Waals surface area contributed by atoms with E-state index in [0.717, 1.165) is 4.31 Å². The molecular formula is C17H20N4O5S. The lowest BCUT2D eigenvalue weighted by atomic mass is 9.99. The highest BCUT2D eigenvalue weighted by molar-refractivity contribution is 7.89. The zero-order chi connectivity index (χ0) is 19.6. The highest BCUT2D eigenvalue weighted by Crippen LogP contribution is 2.24. The summed E-state index contributed by atoms with van der Waals surface area (Å²) in [6.07, 6.45) is 1.04. The Labute approximate surface area is 155 Å². The molecule has 0 aliphatic carbocycles. The lowest BCUT2D eigenvalue weighted by Crippen LogP contribution is -2.45. The molecule has 1 aromatic carbocycles. The number of hydrogen-bond donors (Lipinski definition) is 3. The lowest BCUT2D eigenvalue weighted by molar-refractivity contribution is -0.120. The quantitative estimate of drug-likeness (QED) is 0.693. The van der Waals surface area contributed by atoms with E-state index < -0.39 is 32.1 Å². The monoisotopic (exact) mass is 392 g/mol. The second kappa shape index (κ2) is 7.49. The fraction of sp³-hybridized carbons (Fsp3) is 0.353. The van der Waals surface area contributed by atoms with Crippen LogP contribution < -0.4 is 16.6 Å². The van der Waals surface area contributed by atoms with Crippen LogP contribution in [-0.2, 0) is 14.8 Å². The Morgan fingerprint density at radius 2 is 1.89 bits per heavy atom. The predicted molar refractivity (Wildman–Crippen MR) is 99.0 cm³/mol. The van der Waals surface area contributed by atoms with Crippen LogP contribution in [0.15, 0.2) is 44.8 Å². The molecule has 0 bridgehead atoms. The van der Waals surface area contributed by atoms with Gasteiger partial charge in [0, 0.05) is 24.5 Å². The number of anilines is 1. The summed E-state index contributed by atoms with van der Waals surface area (Å²) in [5.74, 6) is -0.802. The van der Waals surface area contributed by atoms with Crippen LogP contribution in [0.4, 0.5) is 5.69 Å². The predicted octanol–water partition coefficient (Wildman–Crippen LogP) is 0.411. The molecule has 0 radical (unpaired) electrons. The lowest BCUT2D eigenvalue weighted by Gasteiger charge is -2.31. The van der Waals surface area contributed by atoms with Crippen LogP contribution in [-0.4, -0.2) is 41.7 Å². The van der Waals surface area contributed by atoms with Gasteiger partial charge in [-0.05, 0) is 31.9 Å². The van der Waals surface area contributed by atoms with Crippen LogP contribution in [0.2, 0.25) is 0 Å². The molecule has 0 saturated carbocycles. The SMILES string of the molecule is Cc1[nH]c(=O)[nH]c(=O)c1S(=O)(=O)N1CCC[C@H](C(=O)Nc2ccccc2)C1. The van der Waals surface area contributed by atoms with Crippen LogP contribution in [0.3, 0.4) is 0 Å². The molecule has 9 nitrogen and oxygen atoms in total. The Morgan fingerprint density at radius 3 is 2.56 bits per heavy atom. The summed E-state index contributed by atoms with van der Waals surface area (Å²) in [5, 5.41) is 2.78. The number of sulfonamides is 1. The number of piperidine rings is 1. The largest absolute Gasteiger partial charge is 0.326 e. The molecule has 144 valence electrons. The number of carbonyl (C=O) groups excluding carboxylic acids is 1. The second-order valence-electron chi connectivity index (χ2n) is 6.42. The van der Waals surface area contributed by atoms with E-state index in [2.05, 4.69) is 10.3 Å². The third-order valence-corrected chi connectivity index (χ3v) is 6.49. The number of rotatable bonds is 4. The van der Waals surface area contributed by atoms with Crippen molar-refractivity contribution in [2.45, 2.75) is 24.7 Å². The average molecular weight is 392 g/mol. The normalized spacial score (nSPS) is 18.2. The minimum Gasteiger partial charge on any atom is -0.326 e. The van der Waals surface area contributed by atoms with Gasteiger partial charge in [-0.2, -0.15) is 4.31 Å². The van der Waals surface area contributed by atoms with Gasteiger partial charge < -0.3 is 10.3 Å². The second-order valence-corrected chi connectivity index (χ2v) is 8.29. The number of benzene rings is 1. The minimum atomic E-state index is -4.14. The van der Waals surface area contributed by atoms with Crippen molar-refractivity contribution in [3.05, 3.63) is 56.9 Å². The van der Waals surface area contributed by atoms with Crippen molar-refractivity contribution >= 4 is 21.6 Å². The number of nitrogens with one attached hydrogen (secondary N) is 3. The first kappa shape index (κ1) is 19.1. The smallest absolute Gasteiger partial charge is 0.325 e. The Morgan fingerprint density at radius 1 is 1.19 bits per heavy atom. The first-order valence-corrected chi connectivity index (χ1v) is 9.92. The number of amides is 1. The summed E-state index contributed by atoms with van der Waals surface area (Å²) in [6.45, 7) is 1.53. The van der Waals surface area contributed by atoms with Crippen molar-refractivity contribution in [3.8, 4) is 0 Å². The zero-order valence-electron chi connectivity index (χ0n) is 14.7. The van der Waals surface area contributed by atoms with Gasteiger partial charge in [-0.1, -0.05) is 18.2 Å². The molecule has 1 aliphatic heterocycles. The average Bonchev–Trinajstić information content (AvgIpc) is 2.61. The van der Waals surface area contributed by atoms with Gasteiger partial charge in [-0.25, -0.2) is 13.2 Å². The maximum absolute atomic E-state index is 12.9. The molecule has 1 aliphatic rings. The number of nitrogens with zero attached hydrogens (tertiary/aromatic N) is 1. The summed E-state index contributed by atoms with van der Waals surface area (Å²) in [5.41, 5.74) is -1.13. The zero-order valence-corrected chi connectivity index (χ0v) is 15.5. The van der Waals surface area contributed by atoms with Gasteiger partial charge in [0.2, 0.25) is 15.9 Å². The van der Waals surface area contributed by atoms with Crippen LogP contribution in [0.25, 0.3) is 0 Å². The molecular weight excluding hydrogens is 372 g/mol. The van der Waals surface area contributed by atoms with Crippen molar-refractivity contribution < 1.29 is 13.2 Å². The third kappa shape index (κ3) is 4.01. The van der Waals surface area contributed by atoms with Crippen LogP contribution >= 0.6 is 0 Å². The first-order valence-electron chi connectivity index (χ1n) is 8.48. The molecule has 3 rings (SSSR count). The van der Waals surface area contributed by atoms with Gasteiger partial charge in [0.05, 0.1) is 5.92 Å². The number of aromatic amines is 2. The molecule has 0 unspecified atom stereocenters. The topological polar surface area (TPSA) is 132 Å². The van der Waals surface area contributed by atoms with E-state index in [9.17, 15) is 22.8 Å². The standard InChI is InChI=1S/C17H20N4O5S/c1-11-14(16(23)20-17(24)18-11)27(25,26)21-9-5-6-12(10-21)15(22)19-13-7-3-2-4-8-13/h2-4,7-8,12H,5-6,9-10H2,1H3,(H,19,22)(H2,18,20,23,24)/t12-/m0/s1. The Bertz CT molecular complexity index is 1060. The van der Waals surface area contributed by atoms with E-state index in [1.54, 1.807) is 24.3 Å². The van der Waals surface area contributed by atoms with Crippen molar-refractivity contribution in [1.82, 2.24) is 14.3 Å². The molecule has 1 saturated heterocycles. The van der Waals surface area contributed by atoms with Crippen LogP contribution in [0, 0.1) is 12.8 Å². The number of hydrogen-bond acceptors (Lipinski definition) is 5. The van der Waals surface area contributed by atoms with Crippen molar-refractivity contribution in [2.24, 2.45) is 5.92 Å². The van der Waals surface area contributed by atoms with E-state index in [4.69, 9.17) is 0 Å². The number of aromatic nitrogens is 2. The number of carbonyl (C=O) groups is 1. The number of aryl methyl sites for hydroxylation is 1. The summed E-state index contributed by atoms with van der Waals surface area (Å²) in [7, 11) is -4.14. The van der Waals surface area contributed by atoms with E-state index in [-0.39, 0.29) is 24.7 Å². The van der Waals surface area contributed by atoms with E-state index >= 15 is 0 Å². The van der Waals surface area contributed by atoms with E-state index in [1.807, 2.05) is 11.1 Å². The fourth-order valence-electron chi connectivity index (χ4n) is 3.17. The molecule has 0 spiro atoms. The van der Waals surface area contributed by atoms with Crippen molar-refractivity contribution in [1.29, 1.82) is 0 Å². The van der Waals surface area contributed by atoms with Gasteiger partial charge in [0.1, 0.15) is 0 Å². The van der Waals surface area contributed by atoms with Gasteiger partial charge in [0.15, 0.2) is 4.90 Å². The molecule has 1 fully saturated rings. The Kier molecular flexibility index (Phi) is 5.29. The fourth-order valence-corrected chi connectivity index (χ4v) is 4.90. The highest BCUT2D eigenvalue weighted by Gasteiger charge is 2.35. The van der Waals surface area contributed by atoms with E-state index in [0.29, 0.717) is 18.5 Å². The van der Waals surface area contributed by atoms with Crippen molar-refractivity contribution in [3.63, 3.8) is 0 Å². The van der Waals surface area contributed by atoms with E-state index in [1.165, 1.54) is 6.92 Å². The van der Waals surface area contributed by atoms with Crippen LogP contribution in [0.5, 0.6) is 0 Å².